The fourth-order valence-corrected chi connectivity index (χ4v) is 1.71. The van der Waals surface area contributed by atoms with Crippen LogP contribution in [0.2, 0.25) is 0 Å². The first-order valence-electron chi connectivity index (χ1n) is 7.68. The maximum Gasteiger partial charge on any atom is 0.411 e. The molecule has 5 nitrogen and oxygen atoms in total. The molecule has 22 heavy (non-hydrogen) atoms. The van der Waals surface area contributed by atoms with Gasteiger partial charge in [-0.2, -0.15) is 13.2 Å². The van der Waals surface area contributed by atoms with E-state index in [2.05, 4.69) is 20.4 Å². The maximum absolute atomic E-state index is 11.8. The summed E-state index contributed by atoms with van der Waals surface area (Å²) in [4.78, 5) is 4.03. The summed E-state index contributed by atoms with van der Waals surface area (Å²) in [7, 11) is 1.65. The van der Waals surface area contributed by atoms with Crippen LogP contribution >= 0.6 is 0 Å². The van der Waals surface area contributed by atoms with E-state index in [-0.39, 0.29) is 6.61 Å². The van der Waals surface area contributed by atoms with E-state index in [0.717, 1.165) is 32.1 Å². The largest absolute Gasteiger partial charge is 0.411 e. The Hall–Kier alpha value is -1.02. The van der Waals surface area contributed by atoms with Gasteiger partial charge in [0.1, 0.15) is 6.61 Å². The number of hydrogen-bond donors (Lipinski definition) is 2. The Labute approximate surface area is 129 Å². The third kappa shape index (κ3) is 11.6. The number of aliphatic imine (C=N–C) groups is 1. The van der Waals surface area contributed by atoms with Gasteiger partial charge in [-0.3, -0.25) is 4.99 Å². The van der Waals surface area contributed by atoms with Gasteiger partial charge in [-0.1, -0.05) is 0 Å². The van der Waals surface area contributed by atoms with E-state index in [0.29, 0.717) is 18.9 Å². The van der Waals surface area contributed by atoms with Crippen LogP contribution in [0.3, 0.4) is 0 Å². The van der Waals surface area contributed by atoms with Crippen LogP contribution in [0.4, 0.5) is 13.2 Å². The van der Waals surface area contributed by atoms with Crippen LogP contribution in [-0.2, 0) is 9.47 Å². The Balaban J connectivity index is 1.88. The lowest BCUT2D eigenvalue weighted by Crippen LogP contribution is -2.38. The third-order valence-corrected chi connectivity index (χ3v) is 3.06. The SMILES string of the molecule is CN=C(NCCCOCC1CC1)NCCCOCC(F)(F)F. The van der Waals surface area contributed by atoms with E-state index in [1.54, 1.807) is 7.05 Å². The van der Waals surface area contributed by atoms with Gasteiger partial charge in [-0.15, -0.1) is 0 Å². The standard InChI is InChI=1S/C14H26F3N3O2/c1-18-13(19-6-2-8-21-10-12-4-5-12)20-7-3-9-22-11-14(15,16)17/h12H,2-11H2,1H3,(H2,18,19,20). The van der Waals surface area contributed by atoms with Crippen LogP contribution in [0.1, 0.15) is 25.7 Å². The van der Waals surface area contributed by atoms with Gasteiger partial charge >= 0.3 is 6.18 Å². The normalized spacial score (nSPS) is 15.9. The molecule has 0 amide bonds. The Kier molecular flexibility index (Phi) is 9.22. The summed E-state index contributed by atoms with van der Waals surface area (Å²) >= 11 is 0. The molecule has 0 heterocycles. The second-order valence-electron chi connectivity index (χ2n) is 5.32. The number of rotatable bonds is 11. The first kappa shape index (κ1) is 19.0. The minimum absolute atomic E-state index is 0.0680. The van der Waals surface area contributed by atoms with Crippen molar-refractivity contribution in [2.45, 2.75) is 31.9 Å². The lowest BCUT2D eigenvalue weighted by atomic mass is 10.4. The Bertz CT molecular complexity index is 321. The number of ether oxygens (including phenoxy) is 2. The fourth-order valence-electron chi connectivity index (χ4n) is 1.71. The van der Waals surface area contributed by atoms with E-state index in [1.165, 1.54) is 12.8 Å². The van der Waals surface area contributed by atoms with Gasteiger partial charge in [0.15, 0.2) is 5.96 Å². The summed E-state index contributed by atoms with van der Waals surface area (Å²) in [6.07, 6.45) is -0.293. The van der Waals surface area contributed by atoms with E-state index < -0.39 is 12.8 Å². The molecule has 1 aliphatic carbocycles. The van der Waals surface area contributed by atoms with Gasteiger partial charge in [-0.05, 0) is 31.6 Å². The van der Waals surface area contributed by atoms with E-state index in [1.807, 2.05) is 0 Å². The van der Waals surface area contributed by atoms with Crippen molar-refractivity contribution < 1.29 is 22.6 Å². The van der Waals surface area contributed by atoms with Crippen LogP contribution in [0, 0.1) is 5.92 Å². The first-order valence-corrected chi connectivity index (χ1v) is 7.68. The van der Waals surface area contributed by atoms with E-state index in [9.17, 15) is 13.2 Å². The summed E-state index contributed by atoms with van der Waals surface area (Å²) in [5.74, 6) is 1.42. The molecule has 0 spiro atoms. The maximum atomic E-state index is 11.8. The molecule has 0 aliphatic heterocycles. The zero-order valence-electron chi connectivity index (χ0n) is 13.0. The van der Waals surface area contributed by atoms with Gasteiger partial charge in [0.25, 0.3) is 0 Å². The van der Waals surface area contributed by atoms with Crippen molar-refractivity contribution in [3.05, 3.63) is 0 Å². The first-order chi connectivity index (χ1) is 10.5. The second-order valence-corrected chi connectivity index (χ2v) is 5.32. The van der Waals surface area contributed by atoms with Gasteiger partial charge in [0.05, 0.1) is 0 Å². The molecule has 1 saturated carbocycles. The van der Waals surface area contributed by atoms with Gasteiger partial charge in [-0.25, -0.2) is 0 Å². The van der Waals surface area contributed by atoms with E-state index in [4.69, 9.17) is 4.74 Å². The minimum Gasteiger partial charge on any atom is -0.381 e. The topological polar surface area (TPSA) is 54.9 Å². The molecular weight excluding hydrogens is 299 g/mol. The summed E-state index contributed by atoms with van der Waals surface area (Å²) in [5, 5.41) is 6.15. The van der Waals surface area contributed by atoms with Crippen molar-refractivity contribution >= 4 is 5.96 Å². The fraction of sp³-hybridized carbons (Fsp3) is 0.929. The van der Waals surface area contributed by atoms with Crippen molar-refractivity contribution in [3.63, 3.8) is 0 Å². The number of alkyl halides is 3. The Morgan fingerprint density at radius 1 is 1.09 bits per heavy atom. The second kappa shape index (κ2) is 10.7. The quantitative estimate of drug-likeness (QED) is 0.346. The molecule has 0 aromatic heterocycles. The molecule has 0 atom stereocenters. The molecule has 0 bridgehead atoms. The molecular formula is C14H26F3N3O2. The molecule has 0 unspecified atom stereocenters. The lowest BCUT2D eigenvalue weighted by Gasteiger charge is -2.12. The highest BCUT2D eigenvalue weighted by Crippen LogP contribution is 2.28. The number of nitrogens with one attached hydrogen (secondary N) is 2. The van der Waals surface area contributed by atoms with Crippen LogP contribution in [0.5, 0.6) is 0 Å². The average molecular weight is 325 g/mol. The summed E-state index contributed by atoms with van der Waals surface area (Å²) in [5.41, 5.74) is 0. The molecule has 1 aliphatic rings. The summed E-state index contributed by atoms with van der Waals surface area (Å²) in [6.45, 7) is 1.72. The van der Waals surface area contributed by atoms with Crippen LogP contribution in [0.15, 0.2) is 4.99 Å². The van der Waals surface area contributed by atoms with Crippen molar-refractivity contribution in [2.24, 2.45) is 10.9 Å². The predicted octanol–water partition coefficient (Wildman–Crippen LogP) is 1.94. The Morgan fingerprint density at radius 2 is 1.68 bits per heavy atom. The van der Waals surface area contributed by atoms with Crippen molar-refractivity contribution in [1.29, 1.82) is 0 Å². The lowest BCUT2D eigenvalue weighted by molar-refractivity contribution is -0.173. The molecule has 1 fully saturated rings. The summed E-state index contributed by atoms with van der Waals surface area (Å²) in [6, 6.07) is 0. The van der Waals surface area contributed by atoms with Gasteiger partial charge < -0.3 is 20.1 Å². The Morgan fingerprint density at radius 3 is 2.18 bits per heavy atom. The van der Waals surface area contributed by atoms with Gasteiger partial charge in [0.2, 0.25) is 0 Å². The van der Waals surface area contributed by atoms with Gasteiger partial charge in [0, 0.05) is 40.0 Å². The predicted molar refractivity (Wildman–Crippen MR) is 79.0 cm³/mol. The highest BCUT2D eigenvalue weighted by atomic mass is 19.4. The zero-order valence-corrected chi connectivity index (χ0v) is 13.0. The molecule has 0 aromatic carbocycles. The molecule has 1 rings (SSSR count). The molecule has 130 valence electrons. The van der Waals surface area contributed by atoms with Crippen molar-refractivity contribution in [3.8, 4) is 0 Å². The highest BCUT2D eigenvalue weighted by molar-refractivity contribution is 5.79. The van der Waals surface area contributed by atoms with Crippen LogP contribution < -0.4 is 10.6 Å². The van der Waals surface area contributed by atoms with Crippen LogP contribution in [0.25, 0.3) is 0 Å². The number of nitrogens with zero attached hydrogens (tertiary/aromatic N) is 1. The highest BCUT2D eigenvalue weighted by Gasteiger charge is 2.27. The van der Waals surface area contributed by atoms with Crippen molar-refractivity contribution in [1.82, 2.24) is 10.6 Å². The average Bonchev–Trinajstić information content (AvgIpc) is 3.27. The smallest absolute Gasteiger partial charge is 0.381 e. The minimum atomic E-state index is -4.26. The number of guanidine groups is 1. The number of hydrogen-bond acceptors (Lipinski definition) is 3. The van der Waals surface area contributed by atoms with Crippen LogP contribution in [-0.4, -0.2) is 58.7 Å². The molecule has 0 radical (unpaired) electrons. The molecule has 0 aromatic rings. The number of halogens is 3. The molecule has 2 N–H and O–H groups in total. The molecule has 8 heteroatoms. The third-order valence-electron chi connectivity index (χ3n) is 3.06. The summed E-state index contributed by atoms with van der Waals surface area (Å²) < 4.78 is 45.6. The molecule has 0 saturated heterocycles. The van der Waals surface area contributed by atoms with Crippen molar-refractivity contribution in [2.75, 3.05) is 46.6 Å². The van der Waals surface area contributed by atoms with E-state index >= 15 is 0 Å². The zero-order chi connectivity index (χ0) is 16.3. The monoisotopic (exact) mass is 325 g/mol.